The molecule has 1 fully saturated rings. The van der Waals surface area contributed by atoms with Crippen molar-refractivity contribution in [3.8, 4) is 0 Å². The number of halogens is 1. The van der Waals surface area contributed by atoms with Gasteiger partial charge in [0.05, 0.1) is 6.10 Å². The molecule has 0 spiro atoms. The number of rotatable bonds is 5. The summed E-state index contributed by atoms with van der Waals surface area (Å²) in [5, 5.41) is 3.54. The van der Waals surface area contributed by atoms with Crippen LogP contribution in [0.4, 0.5) is 4.39 Å². The van der Waals surface area contributed by atoms with Crippen LogP contribution < -0.4 is 5.32 Å². The maximum Gasteiger partial charge on any atom is 0.123 e. The van der Waals surface area contributed by atoms with E-state index in [1.165, 1.54) is 17.7 Å². The fraction of sp³-hybridized carbons (Fsp3) is 0.600. The fourth-order valence-corrected chi connectivity index (χ4v) is 2.44. The molecule has 1 N–H and O–H groups in total. The second-order valence-corrected chi connectivity index (χ2v) is 5.26. The van der Waals surface area contributed by atoms with Gasteiger partial charge in [-0.3, -0.25) is 0 Å². The van der Waals surface area contributed by atoms with Crippen molar-refractivity contribution in [1.29, 1.82) is 0 Å². The summed E-state index contributed by atoms with van der Waals surface area (Å²) in [5.41, 5.74) is 1.17. The van der Waals surface area contributed by atoms with Crippen LogP contribution >= 0.6 is 0 Å². The summed E-state index contributed by atoms with van der Waals surface area (Å²) in [6, 6.07) is 7.16. The minimum atomic E-state index is -0.170. The van der Waals surface area contributed by atoms with Crippen molar-refractivity contribution < 1.29 is 9.13 Å². The van der Waals surface area contributed by atoms with E-state index in [9.17, 15) is 4.39 Å². The van der Waals surface area contributed by atoms with Crippen molar-refractivity contribution in [3.05, 3.63) is 35.6 Å². The molecule has 18 heavy (non-hydrogen) atoms. The molecule has 0 aliphatic carbocycles. The number of nitrogens with one attached hydrogen (secondary N) is 1. The van der Waals surface area contributed by atoms with Crippen LogP contribution in [0.5, 0.6) is 0 Å². The topological polar surface area (TPSA) is 21.3 Å². The molecule has 0 amide bonds. The first-order valence-electron chi connectivity index (χ1n) is 6.74. The maximum atomic E-state index is 12.8. The van der Waals surface area contributed by atoms with Gasteiger partial charge in [0.2, 0.25) is 0 Å². The molecule has 0 bridgehead atoms. The molecule has 2 rings (SSSR count). The highest BCUT2D eigenvalue weighted by Gasteiger charge is 2.24. The minimum Gasteiger partial charge on any atom is -0.378 e. The van der Waals surface area contributed by atoms with Crippen LogP contribution in [0.15, 0.2) is 24.3 Å². The van der Waals surface area contributed by atoms with E-state index in [4.69, 9.17) is 4.74 Å². The lowest BCUT2D eigenvalue weighted by Gasteiger charge is -2.19. The lowest BCUT2D eigenvalue weighted by atomic mass is 10.0. The summed E-state index contributed by atoms with van der Waals surface area (Å²) >= 11 is 0. The SMILES string of the molecule is CC(Cc1ccc(F)cc1)NCC1CCOC1C. The molecule has 1 aliphatic rings. The molecule has 1 heterocycles. The Morgan fingerprint density at radius 1 is 1.39 bits per heavy atom. The second kappa shape index (κ2) is 6.30. The normalized spacial score (nSPS) is 25.3. The molecule has 3 atom stereocenters. The molecule has 1 aliphatic heterocycles. The van der Waals surface area contributed by atoms with Gasteiger partial charge in [-0.05, 0) is 50.3 Å². The van der Waals surface area contributed by atoms with Gasteiger partial charge in [-0.2, -0.15) is 0 Å². The third kappa shape index (κ3) is 3.79. The molecule has 3 heteroatoms. The van der Waals surface area contributed by atoms with Crippen LogP contribution in [0.25, 0.3) is 0 Å². The highest BCUT2D eigenvalue weighted by atomic mass is 19.1. The van der Waals surface area contributed by atoms with Crippen molar-refractivity contribution in [2.45, 2.75) is 38.8 Å². The van der Waals surface area contributed by atoms with Crippen LogP contribution in [0.2, 0.25) is 0 Å². The van der Waals surface area contributed by atoms with Crippen molar-refractivity contribution in [3.63, 3.8) is 0 Å². The molecular weight excluding hydrogens is 229 g/mol. The van der Waals surface area contributed by atoms with Gasteiger partial charge in [0.15, 0.2) is 0 Å². The molecule has 0 radical (unpaired) electrons. The number of ether oxygens (including phenoxy) is 1. The van der Waals surface area contributed by atoms with Gasteiger partial charge in [0.25, 0.3) is 0 Å². The van der Waals surface area contributed by atoms with Crippen LogP contribution in [0.3, 0.4) is 0 Å². The third-order valence-corrected chi connectivity index (χ3v) is 3.72. The van der Waals surface area contributed by atoms with Gasteiger partial charge >= 0.3 is 0 Å². The molecule has 0 aromatic heterocycles. The van der Waals surface area contributed by atoms with Crippen LogP contribution in [-0.2, 0) is 11.2 Å². The second-order valence-electron chi connectivity index (χ2n) is 5.26. The Balaban J connectivity index is 1.74. The highest BCUT2D eigenvalue weighted by Crippen LogP contribution is 2.19. The van der Waals surface area contributed by atoms with Gasteiger partial charge in [-0.1, -0.05) is 12.1 Å². The lowest BCUT2D eigenvalue weighted by Crippen LogP contribution is -2.34. The van der Waals surface area contributed by atoms with E-state index in [1.54, 1.807) is 0 Å². The average Bonchev–Trinajstić information content (AvgIpc) is 2.75. The van der Waals surface area contributed by atoms with E-state index >= 15 is 0 Å². The number of hydrogen-bond acceptors (Lipinski definition) is 2. The molecule has 3 unspecified atom stereocenters. The molecule has 2 nitrogen and oxygen atoms in total. The van der Waals surface area contributed by atoms with Gasteiger partial charge in [-0.15, -0.1) is 0 Å². The predicted molar refractivity (Wildman–Crippen MR) is 71.1 cm³/mol. The highest BCUT2D eigenvalue weighted by molar-refractivity contribution is 5.16. The summed E-state index contributed by atoms with van der Waals surface area (Å²) in [5.74, 6) is 0.456. The first-order chi connectivity index (χ1) is 8.65. The van der Waals surface area contributed by atoms with E-state index in [-0.39, 0.29) is 5.82 Å². The van der Waals surface area contributed by atoms with Crippen LogP contribution in [0.1, 0.15) is 25.8 Å². The average molecular weight is 251 g/mol. The lowest BCUT2D eigenvalue weighted by molar-refractivity contribution is 0.105. The van der Waals surface area contributed by atoms with E-state index in [1.807, 2.05) is 12.1 Å². The van der Waals surface area contributed by atoms with Crippen LogP contribution in [0, 0.1) is 11.7 Å². The van der Waals surface area contributed by atoms with Crippen molar-refractivity contribution >= 4 is 0 Å². The van der Waals surface area contributed by atoms with Crippen LogP contribution in [-0.4, -0.2) is 25.3 Å². The molecule has 1 saturated heterocycles. The Labute approximate surface area is 109 Å². The zero-order chi connectivity index (χ0) is 13.0. The number of benzene rings is 1. The third-order valence-electron chi connectivity index (χ3n) is 3.72. The molecule has 0 saturated carbocycles. The largest absolute Gasteiger partial charge is 0.378 e. The Hall–Kier alpha value is -0.930. The molecule has 100 valence electrons. The van der Waals surface area contributed by atoms with Crippen molar-refractivity contribution in [1.82, 2.24) is 5.32 Å². The van der Waals surface area contributed by atoms with E-state index < -0.39 is 0 Å². The Morgan fingerprint density at radius 3 is 2.72 bits per heavy atom. The van der Waals surface area contributed by atoms with E-state index in [2.05, 4.69) is 19.2 Å². The summed E-state index contributed by atoms with van der Waals surface area (Å²) in [6.45, 7) is 6.21. The first-order valence-corrected chi connectivity index (χ1v) is 6.74. The minimum absolute atomic E-state index is 0.170. The first kappa shape index (κ1) is 13.5. The predicted octanol–water partition coefficient (Wildman–Crippen LogP) is 2.77. The molecule has 1 aromatic carbocycles. The van der Waals surface area contributed by atoms with Crippen molar-refractivity contribution in [2.75, 3.05) is 13.2 Å². The van der Waals surface area contributed by atoms with E-state index in [0.717, 1.165) is 26.0 Å². The quantitative estimate of drug-likeness (QED) is 0.869. The zero-order valence-corrected chi connectivity index (χ0v) is 11.2. The molecule has 1 aromatic rings. The maximum absolute atomic E-state index is 12.8. The smallest absolute Gasteiger partial charge is 0.123 e. The Kier molecular flexibility index (Phi) is 4.72. The zero-order valence-electron chi connectivity index (χ0n) is 11.2. The Bertz CT molecular complexity index is 365. The van der Waals surface area contributed by atoms with Gasteiger partial charge < -0.3 is 10.1 Å². The number of hydrogen-bond donors (Lipinski definition) is 1. The van der Waals surface area contributed by atoms with Gasteiger partial charge in [0.1, 0.15) is 5.82 Å². The van der Waals surface area contributed by atoms with Crippen molar-refractivity contribution in [2.24, 2.45) is 5.92 Å². The summed E-state index contributed by atoms with van der Waals surface area (Å²) < 4.78 is 18.3. The molecular formula is C15H22FNO. The summed E-state index contributed by atoms with van der Waals surface area (Å²) in [4.78, 5) is 0. The van der Waals surface area contributed by atoms with Gasteiger partial charge in [0, 0.05) is 19.2 Å². The standard InChI is InChI=1S/C15H22FNO/c1-11(9-13-3-5-15(16)6-4-13)17-10-14-7-8-18-12(14)2/h3-6,11-12,14,17H,7-10H2,1-2H3. The Morgan fingerprint density at radius 2 is 2.11 bits per heavy atom. The van der Waals surface area contributed by atoms with Gasteiger partial charge in [-0.25, -0.2) is 4.39 Å². The van der Waals surface area contributed by atoms with E-state index in [0.29, 0.717) is 18.1 Å². The fourth-order valence-electron chi connectivity index (χ4n) is 2.44. The summed E-state index contributed by atoms with van der Waals surface area (Å²) in [7, 11) is 0. The summed E-state index contributed by atoms with van der Waals surface area (Å²) in [6.07, 6.45) is 2.45. The monoisotopic (exact) mass is 251 g/mol.